The van der Waals surface area contributed by atoms with Crippen molar-refractivity contribution in [1.29, 1.82) is 0 Å². The van der Waals surface area contributed by atoms with E-state index in [9.17, 15) is 9.50 Å². The van der Waals surface area contributed by atoms with Crippen LogP contribution < -0.4 is 5.32 Å². The predicted octanol–water partition coefficient (Wildman–Crippen LogP) is 3.19. The van der Waals surface area contributed by atoms with E-state index in [1.165, 1.54) is 12.1 Å². The number of aliphatic hydroxyl groups excluding tert-OH is 1. The van der Waals surface area contributed by atoms with Crippen molar-refractivity contribution in [2.45, 2.75) is 39.0 Å². The monoisotopic (exact) mass is 294 g/mol. The summed E-state index contributed by atoms with van der Waals surface area (Å²) in [6, 6.07) is 6.14. The zero-order chi connectivity index (χ0) is 14.5. The molecule has 2 aromatic rings. The summed E-state index contributed by atoms with van der Waals surface area (Å²) in [4.78, 5) is 4.38. The molecular formula is C15H19FN2OS. The fourth-order valence-electron chi connectivity index (χ4n) is 1.98. The van der Waals surface area contributed by atoms with Crippen molar-refractivity contribution in [2.75, 3.05) is 0 Å². The molecule has 2 atom stereocenters. The zero-order valence-electron chi connectivity index (χ0n) is 11.6. The smallest absolute Gasteiger partial charge is 0.123 e. The molecule has 2 N–H and O–H groups in total. The normalized spacial score (nSPS) is 14.2. The van der Waals surface area contributed by atoms with Crippen molar-refractivity contribution in [3.8, 4) is 0 Å². The summed E-state index contributed by atoms with van der Waals surface area (Å²) < 4.78 is 12.8. The largest absolute Gasteiger partial charge is 0.388 e. The van der Waals surface area contributed by atoms with Crippen molar-refractivity contribution in [2.24, 2.45) is 0 Å². The minimum absolute atomic E-state index is 0.152. The van der Waals surface area contributed by atoms with Gasteiger partial charge in [-0.05, 0) is 38.0 Å². The van der Waals surface area contributed by atoms with Crippen molar-refractivity contribution in [3.63, 3.8) is 0 Å². The van der Waals surface area contributed by atoms with Gasteiger partial charge in [-0.25, -0.2) is 9.37 Å². The molecule has 3 nitrogen and oxygen atoms in total. The molecule has 0 bridgehead atoms. The molecule has 0 amide bonds. The Morgan fingerprint density at radius 2 is 2.05 bits per heavy atom. The summed E-state index contributed by atoms with van der Waals surface area (Å²) >= 11 is 1.63. The van der Waals surface area contributed by atoms with E-state index < -0.39 is 6.10 Å². The lowest BCUT2D eigenvalue weighted by molar-refractivity contribution is 0.153. The standard InChI is InChI=1S/C15H19FN2OS/c1-10(17-8-15-18-11(2)9-20-15)7-14(19)12-3-5-13(16)6-4-12/h3-6,9-10,14,17,19H,7-8H2,1-2H3. The van der Waals surface area contributed by atoms with Gasteiger partial charge in [0.2, 0.25) is 0 Å². The first-order chi connectivity index (χ1) is 9.54. The van der Waals surface area contributed by atoms with Crippen LogP contribution >= 0.6 is 11.3 Å². The number of rotatable bonds is 6. The van der Waals surface area contributed by atoms with E-state index >= 15 is 0 Å². The molecule has 2 rings (SSSR count). The van der Waals surface area contributed by atoms with Crippen LogP contribution in [0.5, 0.6) is 0 Å². The van der Waals surface area contributed by atoms with E-state index in [1.807, 2.05) is 19.2 Å². The van der Waals surface area contributed by atoms with E-state index in [0.717, 1.165) is 16.3 Å². The molecule has 20 heavy (non-hydrogen) atoms. The molecule has 1 heterocycles. The zero-order valence-corrected chi connectivity index (χ0v) is 12.5. The molecule has 108 valence electrons. The van der Waals surface area contributed by atoms with Gasteiger partial charge in [0, 0.05) is 23.7 Å². The third kappa shape index (κ3) is 4.37. The SMILES string of the molecule is Cc1csc(CNC(C)CC(O)c2ccc(F)cc2)n1. The van der Waals surface area contributed by atoms with E-state index in [1.54, 1.807) is 23.5 Å². The molecule has 0 fully saturated rings. The number of benzene rings is 1. The van der Waals surface area contributed by atoms with E-state index in [0.29, 0.717) is 13.0 Å². The number of aliphatic hydroxyl groups is 1. The molecule has 0 aliphatic carbocycles. The van der Waals surface area contributed by atoms with Crippen LogP contribution in [-0.2, 0) is 6.54 Å². The summed E-state index contributed by atoms with van der Waals surface area (Å²) in [6.07, 6.45) is -0.00756. The van der Waals surface area contributed by atoms with E-state index in [2.05, 4.69) is 10.3 Å². The van der Waals surface area contributed by atoms with Crippen LogP contribution in [0.2, 0.25) is 0 Å². The Hall–Kier alpha value is -1.30. The first-order valence-electron chi connectivity index (χ1n) is 6.62. The van der Waals surface area contributed by atoms with Crippen LogP contribution in [0.15, 0.2) is 29.6 Å². The van der Waals surface area contributed by atoms with Gasteiger partial charge in [-0.15, -0.1) is 11.3 Å². The molecule has 5 heteroatoms. The van der Waals surface area contributed by atoms with Crippen LogP contribution in [-0.4, -0.2) is 16.1 Å². The van der Waals surface area contributed by atoms with E-state index in [-0.39, 0.29) is 11.9 Å². The lowest BCUT2D eigenvalue weighted by Gasteiger charge is -2.17. The average Bonchev–Trinajstić information content (AvgIpc) is 2.83. The molecule has 0 saturated heterocycles. The summed E-state index contributed by atoms with van der Waals surface area (Å²) in [5.74, 6) is -0.286. The Morgan fingerprint density at radius 3 is 2.65 bits per heavy atom. The van der Waals surface area contributed by atoms with Crippen LogP contribution in [0.3, 0.4) is 0 Å². The fourth-order valence-corrected chi connectivity index (χ4v) is 2.71. The van der Waals surface area contributed by atoms with E-state index in [4.69, 9.17) is 0 Å². The van der Waals surface area contributed by atoms with Crippen molar-refractivity contribution >= 4 is 11.3 Å². The van der Waals surface area contributed by atoms with Crippen LogP contribution in [0.1, 0.15) is 35.7 Å². The highest BCUT2D eigenvalue weighted by molar-refractivity contribution is 7.09. The lowest BCUT2D eigenvalue weighted by atomic mass is 10.0. The second-order valence-electron chi connectivity index (χ2n) is 4.97. The Kier molecular flexibility index (Phi) is 5.23. The van der Waals surface area contributed by atoms with Gasteiger partial charge >= 0.3 is 0 Å². The molecule has 2 unspecified atom stereocenters. The molecule has 1 aromatic carbocycles. The Labute approximate surface area is 122 Å². The summed E-state index contributed by atoms with van der Waals surface area (Å²) in [5, 5.41) is 16.5. The fraction of sp³-hybridized carbons (Fsp3) is 0.400. The number of aryl methyl sites for hydroxylation is 1. The molecule has 0 radical (unpaired) electrons. The van der Waals surface area contributed by atoms with Gasteiger partial charge in [0.1, 0.15) is 10.8 Å². The maximum Gasteiger partial charge on any atom is 0.123 e. The first-order valence-corrected chi connectivity index (χ1v) is 7.50. The van der Waals surface area contributed by atoms with Crippen LogP contribution in [0.4, 0.5) is 4.39 Å². The molecule has 1 aromatic heterocycles. The molecule has 0 spiro atoms. The minimum atomic E-state index is -0.587. The highest BCUT2D eigenvalue weighted by Crippen LogP contribution is 2.19. The van der Waals surface area contributed by atoms with Gasteiger partial charge in [-0.1, -0.05) is 12.1 Å². The number of thiazole rings is 1. The third-order valence-corrected chi connectivity index (χ3v) is 4.07. The Bertz CT molecular complexity index is 541. The summed E-state index contributed by atoms with van der Waals surface area (Å²) in [5.41, 5.74) is 1.77. The number of aromatic nitrogens is 1. The van der Waals surface area contributed by atoms with Gasteiger partial charge in [-0.3, -0.25) is 0 Å². The van der Waals surface area contributed by atoms with Gasteiger partial charge in [0.05, 0.1) is 6.10 Å². The minimum Gasteiger partial charge on any atom is -0.388 e. The van der Waals surface area contributed by atoms with Crippen LogP contribution in [0.25, 0.3) is 0 Å². The Morgan fingerprint density at radius 1 is 1.35 bits per heavy atom. The summed E-state index contributed by atoms with van der Waals surface area (Å²) in [6.45, 7) is 4.70. The maximum absolute atomic E-state index is 12.8. The highest BCUT2D eigenvalue weighted by atomic mass is 32.1. The van der Waals surface area contributed by atoms with Gasteiger partial charge in [0.15, 0.2) is 0 Å². The van der Waals surface area contributed by atoms with Gasteiger partial charge in [0.25, 0.3) is 0 Å². The highest BCUT2D eigenvalue weighted by Gasteiger charge is 2.12. The lowest BCUT2D eigenvalue weighted by Crippen LogP contribution is -2.27. The quantitative estimate of drug-likeness (QED) is 0.860. The Balaban J connectivity index is 1.81. The number of hydrogen-bond acceptors (Lipinski definition) is 4. The molecular weight excluding hydrogens is 275 g/mol. The molecule has 0 saturated carbocycles. The molecule has 0 aliphatic rings. The third-order valence-electron chi connectivity index (χ3n) is 3.10. The van der Waals surface area contributed by atoms with Crippen LogP contribution in [0, 0.1) is 12.7 Å². The second-order valence-corrected chi connectivity index (χ2v) is 5.91. The first kappa shape index (κ1) is 15.1. The van der Waals surface area contributed by atoms with Crippen molar-refractivity contribution in [3.05, 3.63) is 51.7 Å². The number of nitrogens with one attached hydrogen (secondary N) is 1. The average molecular weight is 294 g/mol. The topological polar surface area (TPSA) is 45.1 Å². The van der Waals surface area contributed by atoms with Gasteiger partial charge < -0.3 is 10.4 Å². The summed E-state index contributed by atoms with van der Waals surface area (Å²) in [7, 11) is 0. The second kappa shape index (κ2) is 6.92. The predicted molar refractivity (Wildman–Crippen MR) is 79.1 cm³/mol. The van der Waals surface area contributed by atoms with Crippen molar-refractivity contribution in [1.82, 2.24) is 10.3 Å². The molecule has 0 aliphatic heterocycles. The van der Waals surface area contributed by atoms with Gasteiger partial charge in [-0.2, -0.15) is 0 Å². The number of halogens is 1. The van der Waals surface area contributed by atoms with Crippen molar-refractivity contribution < 1.29 is 9.50 Å². The number of hydrogen-bond donors (Lipinski definition) is 2. The maximum atomic E-state index is 12.8. The number of nitrogens with zero attached hydrogens (tertiary/aromatic N) is 1.